The Labute approximate surface area is 96.6 Å². The number of hydrogen-bond acceptors (Lipinski definition) is 2. The fourth-order valence-corrected chi connectivity index (χ4v) is 1.46. The highest BCUT2D eigenvalue weighted by molar-refractivity contribution is 5.32. The molecule has 16 heavy (non-hydrogen) atoms. The first-order valence-corrected chi connectivity index (χ1v) is 5.78. The van der Waals surface area contributed by atoms with Gasteiger partial charge in [0.1, 0.15) is 11.6 Å². The molecule has 0 aromatic heterocycles. The third kappa shape index (κ3) is 4.19. The van der Waals surface area contributed by atoms with Crippen molar-refractivity contribution in [3.8, 4) is 5.75 Å². The van der Waals surface area contributed by atoms with Gasteiger partial charge in [-0.2, -0.15) is 0 Å². The minimum atomic E-state index is -0.258. The van der Waals surface area contributed by atoms with Gasteiger partial charge in [-0.1, -0.05) is 13.0 Å². The van der Waals surface area contributed by atoms with Crippen LogP contribution in [0.3, 0.4) is 0 Å². The van der Waals surface area contributed by atoms with Gasteiger partial charge in [-0.25, -0.2) is 4.39 Å². The fraction of sp³-hybridized carbons (Fsp3) is 0.538. The molecule has 0 aliphatic carbocycles. The zero-order valence-corrected chi connectivity index (χ0v) is 10.0. The van der Waals surface area contributed by atoms with Crippen LogP contribution < -0.4 is 10.5 Å². The van der Waals surface area contributed by atoms with E-state index in [4.69, 9.17) is 10.5 Å². The lowest BCUT2D eigenvalue weighted by atomic mass is 10.1. The highest BCUT2D eigenvalue weighted by Gasteiger charge is 2.02. The summed E-state index contributed by atoms with van der Waals surface area (Å²) in [7, 11) is 0. The summed E-state index contributed by atoms with van der Waals surface area (Å²) < 4.78 is 18.5. The summed E-state index contributed by atoms with van der Waals surface area (Å²) in [6.07, 6.45) is 2.84. The summed E-state index contributed by atoms with van der Waals surface area (Å²) >= 11 is 0. The molecule has 3 heteroatoms. The van der Waals surface area contributed by atoms with Gasteiger partial charge < -0.3 is 10.5 Å². The van der Waals surface area contributed by atoms with Crippen molar-refractivity contribution in [1.29, 1.82) is 0 Å². The van der Waals surface area contributed by atoms with Gasteiger partial charge in [0.05, 0.1) is 6.61 Å². The number of aryl methyl sites for hydroxylation is 1. The Balaban J connectivity index is 2.34. The second-order valence-electron chi connectivity index (χ2n) is 4.07. The van der Waals surface area contributed by atoms with Crippen molar-refractivity contribution in [3.05, 3.63) is 29.6 Å². The van der Waals surface area contributed by atoms with Gasteiger partial charge in [0.25, 0.3) is 0 Å². The van der Waals surface area contributed by atoms with E-state index in [1.165, 1.54) is 12.1 Å². The molecule has 0 amide bonds. The van der Waals surface area contributed by atoms with Crippen molar-refractivity contribution in [1.82, 2.24) is 0 Å². The molecule has 1 aromatic carbocycles. The molecule has 90 valence electrons. The number of halogens is 1. The van der Waals surface area contributed by atoms with Gasteiger partial charge >= 0.3 is 0 Å². The van der Waals surface area contributed by atoms with Crippen LogP contribution in [-0.4, -0.2) is 12.6 Å². The van der Waals surface area contributed by atoms with E-state index in [1.54, 1.807) is 6.07 Å². The molecule has 0 fully saturated rings. The smallest absolute Gasteiger partial charge is 0.126 e. The normalized spacial score (nSPS) is 12.5. The Hall–Kier alpha value is -1.09. The fourth-order valence-electron chi connectivity index (χ4n) is 1.46. The Kier molecular flexibility index (Phi) is 5.26. The van der Waals surface area contributed by atoms with E-state index < -0.39 is 0 Å². The van der Waals surface area contributed by atoms with Gasteiger partial charge in [0.2, 0.25) is 0 Å². The SMILES string of the molecule is CCC(N)CCCOc1cc(F)ccc1C. The zero-order chi connectivity index (χ0) is 12.0. The van der Waals surface area contributed by atoms with Crippen LogP contribution in [0.25, 0.3) is 0 Å². The molecule has 1 rings (SSSR count). The zero-order valence-electron chi connectivity index (χ0n) is 10.0. The van der Waals surface area contributed by atoms with E-state index in [0.29, 0.717) is 12.4 Å². The van der Waals surface area contributed by atoms with E-state index in [2.05, 4.69) is 6.92 Å². The Morgan fingerprint density at radius 1 is 1.44 bits per heavy atom. The van der Waals surface area contributed by atoms with Gasteiger partial charge in [-0.05, 0) is 37.8 Å². The van der Waals surface area contributed by atoms with Crippen LogP contribution in [0.15, 0.2) is 18.2 Å². The Morgan fingerprint density at radius 3 is 2.88 bits per heavy atom. The molecule has 1 atom stereocenters. The maximum atomic E-state index is 12.9. The predicted molar refractivity (Wildman–Crippen MR) is 64.1 cm³/mol. The molecule has 0 aliphatic heterocycles. The van der Waals surface area contributed by atoms with E-state index in [9.17, 15) is 4.39 Å². The lowest BCUT2D eigenvalue weighted by Gasteiger charge is -2.11. The minimum Gasteiger partial charge on any atom is -0.493 e. The molecule has 0 saturated heterocycles. The van der Waals surface area contributed by atoms with E-state index in [-0.39, 0.29) is 11.9 Å². The van der Waals surface area contributed by atoms with Gasteiger partial charge in [0.15, 0.2) is 0 Å². The van der Waals surface area contributed by atoms with Crippen molar-refractivity contribution in [2.75, 3.05) is 6.61 Å². The van der Waals surface area contributed by atoms with Crippen molar-refractivity contribution in [2.24, 2.45) is 5.73 Å². The van der Waals surface area contributed by atoms with Gasteiger partial charge in [-0.3, -0.25) is 0 Å². The minimum absolute atomic E-state index is 0.247. The lowest BCUT2D eigenvalue weighted by Crippen LogP contribution is -2.19. The molecule has 0 saturated carbocycles. The second-order valence-corrected chi connectivity index (χ2v) is 4.07. The highest BCUT2D eigenvalue weighted by atomic mass is 19.1. The molecule has 1 unspecified atom stereocenters. The maximum absolute atomic E-state index is 12.9. The molecule has 2 nitrogen and oxygen atoms in total. The number of nitrogens with two attached hydrogens (primary N) is 1. The summed E-state index contributed by atoms with van der Waals surface area (Å²) in [5, 5.41) is 0. The number of rotatable bonds is 6. The first-order valence-electron chi connectivity index (χ1n) is 5.78. The highest BCUT2D eigenvalue weighted by Crippen LogP contribution is 2.19. The maximum Gasteiger partial charge on any atom is 0.126 e. The van der Waals surface area contributed by atoms with E-state index in [0.717, 1.165) is 24.8 Å². The standard InChI is InChI=1S/C13H20FNO/c1-3-12(15)5-4-8-16-13-9-11(14)7-6-10(13)2/h6-7,9,12H,3-5,8,15H2,1-2H3. The number of ether oxygens (including phenoxy) is 1. The van der Waals surface area contributed by atoms with Crippen LogP contribution in [0.2, 0.25) is 0 Å². The monoisotopic (exact) mass is 225 g/mol. The van der Waals surface area contributed by atoms with Crippen LogP contribution in [-0.2, 0) is 0 Å². The van der Waals surface area contributed by atoms with Crippen molar-refractivity contribution in [2.45, 2.75) is 39.2 Å². The second kappa shape index (κ2) is 6.48. The summed E-state index contributed by atoms with van der Waals surface area (Å²) in [5.74, 6) is 0.371. The van der Waals surface area contributed by atoms with E-state index in [1.807, 2.05) is 6.92 Å². The number of hydrogen-bond donors (Lipinski definition) is 1. The topological polar surface area (TPSA) is 35.2 Å². The summed E-state index contributed by atoms with van der Waals surface area (Å²) in [6, 6.07) is 4.84. The molecule has 2 N–H and O–H groups in total. The predicted octanol–water partition coefficient (Wildman–Crippen LogP) is 3.03. The third-order valence-electron chi connectivity index (χ3n) is 2.65. The third-order valence-corrected chi connectivity index (χ3v) is 2.65. The van der Waals surface area contributed by atoms with Crippen LogP contribution in [0.5, 0.6) is 5.75 Å². The average molecular weight is 225 g/mol. The molecular weight excluding hydrogens is 205 g/mol. The molecule has 0 heterocycles. The molecule has 1 aromatic rings. The van der Waals surface area contributed by atoms with Crippen LogP contribution in [0.1, 0.15) is 31.7 Å². The summed E-state index contributed by atoms with van der Waals surface area (Å²) in [5.41, 5.74) is 6.75. The van der Waals surface area contributed by atoms with E-state index >= 15 is 0 Å². The number of benzene rings is 1. The van der Waals surface area contributed by atoms with Crippen molar-refractivity contribution < 1.29 is 9.13 Å². The molecule has 0 spiro atoms. The average Bonchev–Trinajstić information content (AvgIpc) is 2.28. The largest absolute Gasteiger partial charge is 0.493 e. The van der Waals surface area contributed by atoms with Crippen molar-refractivity contribution in [3.63, 3.8) is 0 Å². The Bertz CT molecular complexity index is 328. The van der Waals surface area contributed by atoms with Gasteiger partial charge in [-0.15, -0.1) is 0 Å². The van der Waals surface area contributed by atoms with Gasteiger partial charge in [0, 0.05) is 12.1 Å². The first-order chi connectivity index (χ1) is 7.63. The van der Waals surface area contributed by atoms with Crippen LogP contribution >= 0.6 is 0 Å². The van der Waals surface area contributed by atoms with Crippen LogP contribution in [0, 0.1) is 12.7 Å². The quantitative estimate of drug-likeness (QED) is 0.755. The Morgan fingerprint density at radius 2 is 2.19 bits per heavy atom. The molecule has 0 radical (unpaired) electrons. The first kappa shape index (κ1) is 13.0. The summed E-state index contributed by atoms with van der Waals surface area (Å²) in [6.45, 7) is 4.58. The molecule has 0 bridgehead atoms. The van der Waals surface area contributed by atoms with Crippen molar-refractivity contribution >= 4 is 0 Å². The molecular formula is C13H20FNO. The van der Waals surface area contributed by atoms with Crippen LogP contribution in [0.4, 0.5) is 4.39 Å². The molecule has 0 aliphatic rings. The summed E-state index contributed by atoms with van der Waals surface area (Å²) in [4.78, 5) is 0. The lowest BCUT2D eigenvalue weighted by molar-refractivity contribution is 0.297.